The second-order valence-electron chi connectivity index (χ2n) is 4.96. The SMILES string of the molecule is COC(=O)c1cc(CN)cc(NC(=O)C=Cc2ccccc2Cl)c1. The first-order chi connectivity index (χ1) is 11.5. The first-order valence-corrected chi connectivity index (χ1v) is 7.57. The maximum Gasteiger partial charge on any atom is 0.337 e. The van der Waals surface area contributed by atoms with E-state index in [1.807, 2.05) is 12.1 Å². The summed E-state index contributed by atoms with van der Waals surface area (Å²) in [5.74, 6) is -0.840. The van der Waals surface area contributed by atoms with Crippen LogP contribution in [0.15, 0.2) is 48.5 Å². The highest BCUT2D eigenvalue weighted by Gasteiger charge is 2.09. The Morgan fingerprint density at radius 2 is 2.00 bits per heavy atom. The number of carbonyl (C=O) groups excluding carboxylic acids is 2. The fraction of sp³-hybridized carbons (Fsp3) is 0.111. The summed E-state index contributed by atoms with van der Waals surface area (Å²) in [5, 5.41) is 3.25. The molecule has 0 saturated carbocycles. The number of carbonyl (C=O) groups is 2. The zero-order chi connectivity index (χ0) is 17.5. The van der Waals surface area contributed by atoms with Crippen LogP contribution in [0.1, 0.15) is 21.5 Å². The van der Waals surface area contributed by atoms with Crippen molar-refractivity contribution in [1.29, 1.82) is 0 Å². The third-order valence-electron chi connectivity index (χ3n) is 3.24. The van der Waals surface area contributed by atoms with Gasteiger partial charge in [-0.2, -0.15) is 0 Å². The number of hydrogen-bond acceptors (Lipinski definition) is 4. The largest absolute Gasteiger partial charge is 0.465 e. The lowest BCUT2D eigenvalue weighted by Crippen LogP contribution is -2.11. The van der Waals surface area contributed by atoms with Crippen LogP contribution in [0, 0.1) is 0 Å². The van der Waals surface area contributed by atoms with Crippen molar-refractivity contribution in [3.63, 3.8) is 0 Å². The summed E-state index contributed by atoms with van der Waals surface area (Å²) in [6, 6.07) is 12.0. The van der Waals surface area contributed by atoms with Gasteiger partial charge in [-0.05, 0) is 41.5 Å². The van der Waals surface area contributed by atoms with Crippen LogP contribution in [0.25, 0.3) is 6.08 Å². The zero-order valence-corrected chi connectivity index (χ0v) is 13.8. The number of rotatable bonds is 5. The van der Waals surface area contributed by atoms with Crippen molar-refractivity contribution in [2.24, 2.45) is 5.73 Å². The molecule has 3 N–H and O–H groups in total. The molecule has 5 nitrogen and oxygen atoms in total. The van der Waals surface area contributed by atoms with E-state index < -0.39 is 5.97 Å². The van der Waals surface area contributed by atoms with Crippen LogP contribution in [-0.4, -0.2) is 19.0 Å². The average molecular weight is 345 g/mol. The molecule has 0 saturated heterocycles. The van der Waals surface area contributed by atoms with Crippen LogP contribution in [-0.2, 0) is 16.1 Å². The van der Waals surface area contributed by atoms with Crippen molar-refractivity contribution >= 4 is 35.2 Å². The van der Waals surface area contributed by atoms with Crippen molar-refractivity contribution in [2.45, 2.75) is 6.54 Å². The number of benzene rings is 2. The Bertz CT molecular complexity index is 788. The first kappa shape index (κ1) is 17.7. The van der Waals surface area contributed by atoms with Crippen LogP contribution in [0.2, 0.25) is 5.02 Å². The number of methoxy groups -OCH3 is 1. The number of ether oxygens (including phenoxy) is 1. The average Bonchev–Trinajstić information content (AvgIpc) is 2.60. The van der Waals surface area contributed by atoms with E-state index in [1.165, 1.54) is 19.3 Å². The van der Waals surface area contributed by atoms with E-state index in [-0.39, 0.29) is 12.5 Å². The maximum atomic E-state index is 12.1. The Morgan fingerprint density at radius 3 is 2.67 bits per heavy atom. The van der Waals surface area contributed by atoms with Gasteiger partial charge in [-0.15, -0.1) is 0 Å². The van der Waals surface area contributed by atoms with Crippen LogP contribution in [0.3, 0.4) is 0 Å². The lowest BCUT2D eigenvalue weighted by atomic mass is 10.1. The van der Waals surface area contributed by atoms with Gasteiger partial charge in [0.15, 0.2) is 0 Å². The zero-order valence-electron chi connectivity index (χ0n) is 13.1. The summed E-state index contributed by atoms with van der Waals surface area (Å²) in [4.78, 5) is 23.7. The monoisotopic (exact) mass is 344 g/mol. The van der Waals surface area contributed by atoms with Gasteiger partial charge < -0.3 is 15.8 Å². The normalized spacial score (nSPS) is 10.6. The smallest absolute Gasteiger partial charge is 0.337 e. The minimum absolute atomic E-state index is 0.239. The lowest BCUT2D eigenvalue weighted by molar-refractivity contribution is -0.111. The van der Waals surface area contributed by atoms with E-state index in [0.29, 0.717) is 21.8 Å². The summed E-state index contributed by atoms with van der Waals surface area (Å²) in [7, 11) is 1.29. The second-order valence-corrected chi connectivity index (χ2v) is 5.37. The van der Waals surface area contributed by atoms with E-state index in [2.05, 4.69) is 5.32 Å². The number of anilines is 1. The molecule has 0 radical (unpaired) electrons. The molecule has 0 spiro atoms. The Balaban J connectivity index is 2.16. The summed E-state index contributed by atoms with van der Waals surface area (Å²) in [6.07, 6.45) is 2.99. The lowest BCUT2D eigenvalue weighted by Gasteiger charge is -2.08. The van der Waals surface area contributed by atoms with Crippen molar-refractivity contribution in [3.05, 3.63) is 70.3 Å². The van der Waals surface area contributed by atoms with Gasteiger partial charge in [0.25, 0.3) is 0 Å². The number of halogens is 1. The number of nitrogens with two attached hydrogens (primary N) is 1. The molecule has 2 aromatic carbocycles. The molecule has 24 heavy (non-hydrogen) atoms. The van der Waals surface area contributed by atoms with Crippen LogP contribution < -0.4 is 11.1 Å². The van der Waals surface area contributed by atoms with Gasteiger partial charge in [0.05, 0.1) is 12.7 Å². The molecule has 124 valence electrons. The van der Waals surface area contributed by atoms with Gasteiger partial charge >= 0.3 is 5.97 Å². The van der Waals surface area contributed by atoms with E-state index in [0.717, 1.165) is 5.56 Å². The van der Waals surface area contributed by atoms with Gasteiger partial charge in [-0.25, -0.2) is 4.79 Å². The quantitative estimate of drug-likeness (QED) is 0.644. The fourth-order valence-corrected chi connectivity index (χ4v) is 2.28. The standard InChI is InChI=1S/C18H17ClN2O3/c1-24-18(23)14-8-12(11-20)9-15(10-14)21-17(22)7-6-13-4-2-3-5-16(13)19/h2-10H,11,20H2,1H3,(H,21,22). The van der Waals surface area contributed by atoms with Gasteiger partial charge in [-0.1, -0.05) is 29.8 Å². The Labute approximate surface area is 145 Å². The van der Waals surface area contributed by atoms with E-state index >= 15 is 0 Å². The topological polar surface area (TPSA) is 81.4 Å². The van der Waals surface area contributed by atoms with Crippen LogP contribution in [0.5, 0.6) is 0 Å². The number of esters is 1. The molecular formula is C18H17ClN2O3. The highest BCUT2D eigenvalue weighted by Crippen LogP contribution is 2.18. The predicted molar refractivity (Wildman–Crippen MR) is 94.8 cm³/mol. The Morgan fingerprint density at radius 1 is 1.25 bits per heavy atom. The predicted octanol–water partition coefficient (Wildman–Crippen LogP) is 3.24. The summed E-state index contributed by atoms with van der Waals surface area (Å²) in [5.41, 5.74) is 7.86. The Kier molecular flexibility index (Phi) is 6.12. The van der Waals surface area contributed by atoms with Crippen molar-refractivity contribution < 1.29 is 14.3 Å². The van der Waals surface area contributed by atoms with Gasteiger partial charge in [0.2, 0.25) is 5.91 Å². The van der Waals surface area contributed by atoms with E-state index in [4.69, 9.17) is 22.1 Å². The third-order valence-corrected chi connectivity index (χ3v) is 3.58. The Hall–Kier alpha value is -2.63. The molecule has 6 heteroatoms. The van der Waals surface area contributed by atoms with Crippen molar-refractivity contribution in [2.75, 3.05) is 12.4 Å². The molecule has 0 fully saturated rings. The van der Waals surface area contributed by atoms with Gasteiger partial charge in [0, 0.05) is 23.3 Å². The molecule has 0 unspecified atom stereocenters. The molecule has 0 bridgehead atoms. The molecule has 0 aliphatic rings. The number of amides is 1. The number of hydrogen-bond donors (Lipinski definition) is 2. The van der Waals surface area contributed by atoms with Gasteiger partial charge in [-0.3, -0.25) is 4.79 Å². The molecule has 2 rings (SSSR count). The molecule has 0 heterocycles. The second kappa shape index (κ2) is 8.29. The highest BCUT2D eigenvalue weighted by atomic mass is 35.5. The molecule has 0 aromatic heterocycles. The molecular weight excluding hydrogens is 328 g/mol. The third kappa shape index (κ3) is 4.68. The highest BCUT2D eigenvalue weighted by molar-refractivity contribution is 6.32. The van der Waals surface area contributed by atoms with E-state index in [9.17, 15) is 9.59 Å². The van der Waals surface area contributed by atoms with Crippen LogP contribution >= 0.6 is 11.6 Å². The minimum Gasteiger partial charge on any atom is -0.465 e. The van der Waals surface area contributed by atoms with Gasteiger partial charge in [0.1, 0.15) is 0 Å². The molecule has 1 amide bonds. The van der Waals surface area contributed by atoms with Crippen molar-refractivity contribution in [1.82, 2.24) is 0 Å². The van der Waals surface area contributed by atoms with Crippen molar-refractivity contribution in [3.8, 4) is 0 Å². The summed E-state index contributed by atoms with van der Waals surface area (Å²) in [6.45, 7) is 0.239. The minimum atomic E-state index is -0.493. The molecule has 2 aromatic rings. The molecule has 0 aliphatic carbocycles. The van der Waals surface area contributed by atoms with E-state index in [1.54, 1.807) is 30.3 Å². The van der Waals surface area contributed by atoms with Crippen LogP contribution in [0.4, 0.5) is 5.69 Å². The fourth-order valence-electron chi connectivity index (χ4n) is 2.08. The summed E-state index contributed by atoms with van der Waals surface area (Å²) < 4.78 is 4.69. The number of nitrogens with one attached hydrogen (secondary N) is 1. The maximum absolute atomic E-state index is 12.1. The summed E-state index contributed by atoms with van der Waals surface area (Å²) >= 11 is 6.03. The first-order valence-electron chi connectivity index (χ1n) is 7.19. The molecule has 0 atom stereocenters. The molecule has 0 aliphatic heterocycles.